The molecule has 0 aliphatic carbocycles. The Kier molecular flexibility index (Phi) is 6.47. The quantitative estimate of drug-likeness (QED) is 0.757. The average molecular weight is 300 g/mol. The van der Waals surface area contributed by atoms with Crippen molar-refractivity contribution in [3.8, 4) is 0 Å². The summed E-state index contributed by atoms with van der Waals surface area (Å²) < 4.78 is 5.81. The van der Waals surface area contributed by atoms with Crippen LogP contribution in [-0.2, 0) is 4.43 Å². The summed E-state index contributed by atoms with van der Waals surface area (Å²) in [4.78, 5) is 5.71. The molecule has 4 heteroatoms. The second kappa shape index (κ2) is 8.62. The van der Waals surface area contributed by atoms with Gasteiger partial charge >= 0.3 is 0 Å². The zero-order valence-electron chi connectivity index (χ0n) is 12.8. The van der Waals surface area contributed by atoms with Gasteiger partial charge in [-0.3, -0.25) is 0 Å². The molecule has 0 aliphatic heterocycles. The molecule has 0 aromatic heterocycles. The van der Waals surface area contributed by atoms with Crippen molar-refractivity contribution >= 4 is 20.6 Å². The predicted octanol–water partition coefficient (Wildman–Crippen LogP) is 3.30. The SMILES string of the molecule is CCO[SiH](CCN(c1ccccc1)c1ccccc1)NC. The molecule has 3 nitrogen and oxygen atoms in total. The molecule has 0 spiro atoms. The molecular formula is C17H24N2OSi. The Morgan fingerprint density at radius 3 is 1.90 bits per heavy atom. The molecule has 0 fully saturated rings. The topological polar surface area (TPSA) is 24.5 Å². The third kappa shape index (κ3) is 4.70. The molecule has 0 amide bonds. The van der Waals surface area contributed by atoms with E-state index in [-0.39, 0.29) is 0 Å². The molecule has 112 valence electrons. The van der Waals surface area contributed by atoms with E-state index in [0.717, 1.165) is 19.2 Å². The third-order valence-electron chi connectivity index (χ3n) is 3.44. The zero-order chi connectivity index (χ0) is 14.9. The highest BCUT2D eigenvalue weighted by atomic mass is 28.3. The molecule has 1 unspecified atom stereocenters. The molecule has 1 N–H and O–H groups in total. The lowest BCUT2D eigenvalue weighted by Gasteiger charge is -2.26. The number of nitrogens with zero attached hydrogens (tertiary/aromatic N) is 1. The summed E-state index contributed by atoms with van der Waals surface area (Å²) in [5, 5.41) is 0. The number of para-hydroxylation sites is 2. The second-order valence-corrected chi connectivity index (χ2v) is 7.31. The summed E-state index contributed by atoms with van der Waals surface area (Å²) in [5.41, 5.74) is 2.45. The summed E-state index contributed by atoms with van der Waals surface area (Å²) in [6.45, 7) is 3.81. The molecule has 2 rings (SSSR count). The van der Waals surface area contributed by atoms with Gasteiger partial charge in [-0.2, -0.15) is 0 Å². The average Bonchev–Trinajstić information content (AvgIpc) is 2.56. The highest BCUT2D eigenvalue weighted by Crippen LogP contribution is 2.25. The van der Waals surface area contributed by atoms with Gasteiger partial charge in [-0.15, -0.1) is 0 Å². The Labute approximate surface area is 129 Å². The van der Waals surface area contributed by atoms with E-state index in [9.17, 15) is 0 Å². The van der Waals surface area contributed by atoms with Crippen molar-refractivity contribution in [3.05, 3.63) is 60.7 Å². The van der Waals surface area contributed by atoms with Crippen LogP contribution in [0.1, 0.15) is 6.92 Å². The van der Waals surface area contributed by atoms with Crippen LogP contribution in [0.4, 0.5) is 11.4 Å². The van der Waals surface area contributed by atoms with Gasteiger partial charge in [0.15, 0.2) is 0 Å². The number of anilines is 2. The van der Waals surface area contributed by atoms with Gasteiger partial charge in [0.2, 0.25) is 0 Å². The summed E-state index contributed by atoms with van der Waals surface area (Å²) in [5.74, 6) is 0. The molecule has 0 bridgehead atoms. The third-order valence-corrected chi connectivity index (χ3v) is 5.60. The van der Waals surface area contributed by atoms with E-state index in [4.69, 9.17) is 4.43 Å². The molecular weight excluding hydrogens is 276 g/mol. The van der Waals surface area contributed by atoms with Crippen LogP contribution >= 0.6 is 0 Å². The monoisotopic (exact) mass is 300 g/mol. The Balaban J connectivity index is 2.13. The molecule has 0 saturated heterocycles. The molecule has 0 aliphatic rings. The van der Waals surface area contributed by atoms with Gasteiger partial charge in [-0.1, -0.05) is 36.4 Å². The van der Waals surface area contributed by atoms with Gasteiger partial charge in [0.25, 0.3) is 9.20 Å². The maximum absolute atomic E-state index is 5.81. The minimum Gasteiger partial charge on any atom is -0.406 e. The van der Waals surface area contributed by atoms with Crippen molar-refractivity contribution in [2.45, 2.75) is 13.0 Å². The minimum absolute atomic E-state index is 0.786. The van der Waals surface area contributed by atoms with Crippen LogP contribution in [0, 0.1) is 0 Å². The van der Waals surface area contributed by atoms with Gasteiger partial charge in [-0.05, 0) is 44.3 Å². The van der Waals surface area contributed by atoms with Crippen molar-refractivity contribution in [3.63, 3.8) is 0 Å². The van der Waals surface area contributed by atoms with Crippen LogP contribution in [0.2, 0.25) is 6.04 Å². The number of hydrogen-bond donors (Lipinski definition) is 1. The fraction of sp³-hybridized carbons (Fsp3) is 0.294. The number of rotatable bonds is 8. The first-order valence-corrected chi connectivity index (χ1v) is 9.38. The van der Waals surface area contributed by atoms with E-state index in [1.807, 2.05) is 7.05 Å². The van der Waals surface area contributed by atoms with Crippen LogP contribution in [0.15, 0.2) is 60.7 Å². The summed E-state index contributed by atoms with van der Waals surface area (Å²) in [7, 11) is 0.694. The molecule has 2 aromatic rings. The first kappa shape index (κ1) is 15.8. The first-order valence-electron chi connectivity index (χ1n) is 7.51. The van der Waals surface area contributed by atoms with Crippen LogP contribution in [-0.4, -0.2) is 29.4 Å². The van der Waals surface area contributed by atoms with Crippen molar-refractivity contribution in [2.75, 3.05) is 25.1 Å². The summed E-state index contributed by atoms with van der Waals surface area (Å²) in [6.07, 6.45) is 0. The van der Waals surface area contributed by atoms with Crippen molar-refractivity contribution in [2.24, 2.45) is 0 Å². The van der Waals surface area contributed by atoms with Gasteiger partial charge in [0, 0.05) is 24.5 Å². The maximum atomic E-state index is 5.81. The molecule has 0 heterocycles. The Bertz CT molecular complexity index is 467. The molecule has 1 atom stereocenters. The van der Waals surface area contributed by atoms with Gasteiger partial charge in [0.05, 0.1) is 0 Å². The van der Waals surface area contributed by atoms with Crippen molar-refractivity contribution < 1.29 is 4.43 Å². The Hall–Kier alpha value is -1.62. The molecule has 2 aromatic carbocycles. The predicted molar refractivity (Wildman–Crippen MR) is 92.5 cm³/mol. The fourth-order valence-electron chi connectivity index (χ4n) is 2.38. The smallest absolute Gasteiger partial charge is 0.253 e. The standard InChI is InChI=1S/C17H24N2OSi/c1-3-20-21(18-2)15-14-19(16-10-6-4-7-11-16)17-12-8-5-9-13-17/h4-13,18,21H,3,14-15H2,1-2H3. The number of hydrogen-bond acceptors (Lipinski definition) is 3. The van der Waals surface area contributed by atoms with Crippen molar-refractivity contribution in [1.29, 1.82) is 0 Å². The Morgan fingerprint density at radius 2 is 1.48 bits per heavy atom. The van der Waals surface area contributed by atoms with Gasteiger partial charge in [-0.25, -0.2) is 0 Å². The van der Waals surface area contributed by atoms with E-state index in [1.165, 1.54) is 11.4 Å². The molecule has 0 saturated carbocycles. The molecule has 0 radical (unpaired) electrons. The highest BCUT2D eigenvalue weighted by Gasteiger charge is 2.14. The van der Waals surface area contributed by atoms with Crippen LogP contribution in [0.3, 0.4) is 0 Å². The molecule has 21 heavy (non-hydrogen) atoms. The van der Waals surface area contributed by atoms with Gasteiger partial charge < -0.3 is 14.3 Å². The van der Waals surface area contributed by atoms with E-state index in [2.05, 4.69) is 77.5 Å². The van der Waals surface area contributed by atoms with E-state index in [0.29, 0.717) is 0 Å². The van der Waals surface area contributed by atoms with E-state index < -0.39 is 9.20 Å². The van der Waals surface area contributed by atoms with E-state index >= 15 is 0 Å². The van der Waals surface area contributed by atoms with Crippen LogP contribution in [0.25, 0.3) is 0 Å². The van der Waals surface area contributed by atoms with Crippen LogP contribution in [0.5, 0.6) is 0 Å². The minimum atomic E-state index is -1.31. The zero-order valence-corrected chi connectivity index (χ0v) is 14.0. The second-order valence-electron chi connectivity index (χ2n) is 4.84. The number of nitrogens with one attached hydrogen (secondary N) is 1. The normalized spacial score (nSPS) is 12.1. The number of benzene rings is 2. The first-order chi connectivity index (χ1) is 10.3. The summed E-state index contributed by atoms with van der Waals surface area (Å²) >= 11 is 0. The van der Waals surface area contributed by atoms with Crippen LogP contribution < -0.4 is 9.88 Å². The largest absolute Gasteiger partial charge is 0.406 e. The van der Waals surface area contributed by atoms with Crippen molar-refractivity contribution in [1.82, 2.24) is 4.98 Å². The summed E-state index contributed by atoms with van der Waals surface area (Å²) in [6, 6.07) is 22.1. The maximum Gasteiger partial charge on any atom is 0.253 e. The fourth-order valence-corrected chi connectivity index (χ4v) is 3.90. The lowest BCUT2D eigenvalue weighted by atomic mass is 10.2. The lowest BCUT2D eigenvalue weighted by Crippen LogP contribution is -2.37. The van der Waals surface area contributed by atoms with Gasteiger partial charge in [0.1, 0.15) is 0 Å². The highest BCUT2D eigenvalue weighted by molar-refractivity contribution is 6.48. The lowest BCUT2D eigenvalue weighted by molar-refractivity contribution is 0.335. The Morgan fingerprint density at radius 1 is 0.952 bits per heavy atom. The van der Waals surface area contributed by atoms with E-state index in [1.54, 1.807) is 0 Å².